The van der Waals surface area contributed by atoms with Gasteiger partial charge in [-0.25, -0.2) is 0 Å². The maximum absolute atomic E-state index is 11.0. The van der Waals surface area contributed by atoms with Crippen LogP contribution in [-0.2, 0) is 10.8 Å². The van der Waals surface area contributed by atoms with Gasteiger partial charge in [0.05, 0.1) is 0 Å². The molecule has 2 aromatic carbocycles. The Morgan fingerprint density at radius 2 is 1.61 bits per heavy atom. The van der Waals surface area contributed by atoms with Gasteiger partial charge in [-0.2, -0.15) is 0 Å². The summed E-state index contributed by atoms with van der Waals surface area (Å²) in [5.74, 6) is 3.25. The van der Waals surface area contributed by atoms with Crippen molar-refractivity contribution < 1.29 is 14.6 Å². The van der Waals surface area contributed by atoms with E-state index >= 15 is 0 Å². The monoisotopic (exact) mass is 442 g/mol. The van der Waals surface area contributed by atoms with Crippen LogP contribution in [0, 0.1) is 10.7 Å². The number of hydrogen-bond acceptors (Lipinski definition) is 2. The minimum absolute atomic E-state index is 0.00646. The Kier molecular flexibility index (Phi) is 5.62. The molecule has 1 aliphatic carbocycles. The third-order valence-corrected chi connectivity index (χ3v) is 7.17. The van der Waals surface area contributed by atoms with Gasteiger partial charge in [-0.05, 0) is 0 Å². The second-order valence-corrected chi connectivity index (χ2v) is 10.3. The van der Waals surface area contributed by atoms with Gasteiger partial charge < -0.3 is 0 Å². The van der Waals surface area contributed by atoms with Gasteiger partial charge in [-0.15, -0.1) is 0 Å². The van der Waals surface area contributed by atoms with Crippen LogP contribution in [0.4, 0.5) is 0 Å². The molecule has 0 radical (unpaired) electrons. The number of ether oxygens (including phenoxy) is 1. The Morgan fingerprint density at radius 1 is 1.00 bits per heavy atom. The molecule has 0 unspecified atom stereocenters. The van der Waals surface area contributed by atoms with Crippen molar-refractivity contribution in [1.82, 2.24) is 0 Å². The number of hydrogen-bond donors (Lipinski definition) is 1. The quantitative estimate of drug-likeness (QED) is 0.577. The summed E-state index contributed by atoms with van der Waals surface area (Å²) in [6.45, 7) is 9.24. The molecule has 28 heavy (non-hydrogen) atoms. The molecule has 0 bridgehead atoms. The summed E-state index contributed by atoms with van der Waals surface area (Å²) in [5, 5.41) is 9.00. The summed E-state index contributed by atoms with van der Waals surface area (Å²) in [4.78, 5) is 14.3. The predicted molar refractivity (Wildman–Crippen MR) is 114 cm³/mol. The molecule has 0 fully saturated rings. The molecular formula is C24H26O3Se. The Bertz CT molecular complexity index is 960. The van der Waals surface area contributed by atoms with E-state index in [9.17, 15) is 4.79 Å². The van der Waals surface area contributed by atoms with Gasteiger partial charge in [0.2, 0.25) is 0 Å². The standard InChI is InChI=1S/C24H26O3Se/c1-23(2)13-14-24(3,4)21-19(11-10-18(27-5)20(21)23)28-15-12-16-6-8-17(9-7-16)22(25)26/h6-11H,13-14H2,1-5H3,(H,25,26). The number of carboxylic acid groups (broad SMARTS) is 1. The van der Waals surface area contributed by atoms with Gasteiger partial charge in [0.1, 0.15) is 0 Å². The molecule has 0 atom stereocenters. The van der Waals surface area contributed by atoms with Crippen molar-refractivity contribution in [3.05, 3.63) is 58.7 Å². The normalized spacial score (nSPS) is 16.5. The summed E-state index contributed by atoms with van der Waals surface area (Å²) >= 11 is 0.00646. The average molecular weight is 441 g/mol. The summed E-state index contributed by atoms with van der Waals surface area (Å²) in [7, 11) is 1.75. The van der Waals surface area contributed by atoms with Crippen molar-refractivity contribution in [2.24, 2.45) is 0 Å². The van der Waals surface area contributed by atoms with Gasteiger partial charge in [0, 0.05) is 0 Å². The van der Waals surface area contributed by atoms with Crippen LogP contribution in [-0.4, -0.2) is 33.1 Å². The van der Waals surface area contributed by atoms with E-state index in [0.717, 1.165) is 24.2 Å². The number of fused-ring (bicyclic) bond motifs is 1. The second kappa shape index (κ2) is 7.66. The maximum atomic E-state index is 11.0. The Labute approximate surface area is 173 Å². The molecule has 1 aliphatic rings. The fraction of sp³-hybridized carbons (Fsp3) is 0.375. The van der Waals surface area contributed by atoms with Gasteiger partial charge >= 0.3 is 174 Å². The molecule has 0 saturated heterocycles. The van der Waals surface area contributed by atoms with E-state index in [-0.39, 0.29) is 31.4 Å². The average Bonchev–Trinajstić information content (AvgIpc) is 2.65. The zero-order valence-corrected chi connectivity index (χ0v) is 18.8. The first-order valence-electron chi connectivity index (χ1n) is 9.39. The summed E-state index contributed by atoms with van der Waals surface area (Å²) < 4.78 is 7.04. The summed E-state index contributed by atoms with van der Waals surface area (Å²) in [6, 6.07) is 11.0. The zero-order valence-electron chi connectivity index (χ0n) is 17.1. The molecule has 0 saturated carbocycles. The Balaban J connectivity index is 1.97. The Morgan fingerprint density at radius 3 is 2.18 bits per heavy atom. The molecule has 0 aliphatic heterocycles. The van der Waals surface area contributed by atoms with Crippen LogP contribution in [0.15, 0.2) is 36.4 Å². The van der Waals surface area contributed by atoms with Crippen LogP contribution in [0.2, 0.25) is 0 Å². The molecule has 1 N–H and O–H groups in total. The molecule has 0 heterocycles. The topological polar surface area (TPSA) is 46.5 Å². The summed E-state index contributed by atoms with van der Waals surface area (Å²) in [6.07, 6.45) is 2.29. The number of methoxy groups -OCH3 is 1. The Hall–Kier alpha value is -2.21. The first-order chi connectivity index (χ1) is 13.2. The van der Waals surface area contributed by atoms with Crippen LogP contribution < -0.4 is 9.20 Å². The molecular weight excluding hydrogens is 415 g/mol. The van der Waals surface area contributed by atoms with Crippen molar-refractivity contribution in [3.8, 4) is 16.5 Å². The molecule has 146 valence electrons. The van der Waals surface area contributed by atoms with Crippen molar-refractivity contribution in [2.45, 2.75) is 51.4 Å². The number of carbonyl (C=O) groups is 1. The van der Waals surface area contributed by atoms with Crippen molar-refractivity contribution in [1.29, 1.82) is 0 Å². The van der Waals surface area contributed by atoms with Crippen LogP contribution in [0.1, 0.15) is 67.6 Å². The van der Waals surface area contributed by atoms with Gasteiger partial charge in [0.25, 0.3) is 0 Å². The van der Waals surface area contributed by atoms with E-state index in [0.29, 0.717) is 0 Å². The van der Waals surface area contributed by atoms with E-state index in [4.69, 9.17) is 9.84 Å². The van der Waals surface area contributed by atoms with Crippen molar-refractivity contribution >= 4 is 25.4 Å². The van der Waals surface area contributed by atoms with Crippen LogP contribution >= 0.6 is 0 Å². The van der Waals surface area contributed by atoms with Gasteiger partial charge in [-0.3, -0.25) is 0 Å². The molecule has 0 spiro atoms. The van der Waals surface area contributed by atoms with Crippen LogP contribution in [0.25, 0.3) is 0 Å². The van der Waals surface area contributed by atoms with Gasteiger partial charge in [0.15, 0.2) is 0 Å². The van der Waals surface area contributed by atoms with Gasteiger partial charge in [-0.1, -0.05) is 0 Å². The van der Waals surface area contributed by atoms with E-state index in [1.54, 1.807) is 31.4 Å². The fourth-order valence-corrected chi connectivity index (χ4v) is 5.75. The molecule has 3 rings (SSSR count). The van der Waals surface area contributed by atoms with Crippen molar-refractivity contribution in [2.75, 3.05) is 7.11 Å². The predicted octanol–water partition coefficient (Wildman–Crippen LogP) is 4.08. The van der Waals surface area contributed by atoms with Crippen LogP contribution in [0.5, 0.6) is 5.75 Å². The van der Waals surface area contributed by atoms with E-state index in [1.807, 2.05) is 0 Å². The van der Waals surface area contributed by atoms with E-state index < -0.39 is 5.97 Å². The first-order valence-corrected chi connectivity index (χ1v) is 11.1. The molecule has 2 aromatic rings. The van der Waals surface area contributed by atoms with E-state index in [2.05, 4.69) is 50.6 Å². The SMILES string of the molecule is COc1ccc([Se]C#Cc2ccc(C(=O)O)cc2)c2c1C(C)(C)CCC2(C)C. The molecule has 0 aromatic heterocycles. The van der Waals surface area contributed by atoms with Crippen molar-refractivity contribution in [3.63, 3.8) is 0 Å². The minimum atomic E-state index is -0.918. The second-order valence-electron chi connectivity index (χ2n) is 8.50. The fourth-order valence-electron chi connectivity index (χ4n) is 3.87. The third kappa shape index (κ3) is 3.97. The van der Waals surface area contributed by atoms with Crippen LogP contribution in [0.3, 0.4) is 0 Å². The first kappa shape index (κ1) is 20.5. The number of carboxylic acids is 1. The third-order valence-electron chi connectivity index (χ3n) is 5.57. The summed E-state index contributed by atoms with van der Waals surface area (Å²) in [5.41, 5.74) is 4.04. The molecule has 0 amide bonds. The zero-order chi connectivity index (χ0) is 20.5. The number of benzene rings is 2. The number of rotatable bonds is 3. The molecule has 3 nitrogen and oxygen atoms in total. The van der Waals surface area contributed by atoms with E-state index in [1.165, 1.54) is 15.6 Å². The number of aromatic carboxylic acids is 1. The molecule has 4 heteroatoms.